The largest absolute Gasteiger partial charge is 0.330 e. The molecule has 0 amide bonds. The summed E-state index contributed by atoms with van der Waals surface area (Å²) in [5.41, 5.74) is 6.68. The first-order valence-electron chi connectivity index (χ1n) is 3.68. The van der Waals surface area contributed by atoms with Gasteiger partial charge in [-0.05, 0) is 25.8 Å². The quantitative estimate of drug-likeness (QED) is 0.562. The zero-order valence-electron chi connectivity index (χ0n) is 6.32. The van der Waals surface area contributed by atoms with Crippen molar-refractivity contribution in [2.24, 2.45) is 5.73 Å². The maximum atomic E-state index is 5.33. The first kappa shape index (κ1) is 8.70. The summed E-state index contributed by atoms with van der Waals surface area (Å²) in [6.07, 6.45) is 4.59. The Morgan fingerprint density at radius 3 is 2.56 bits per heavy atom. The lowest BCUT2D eigenvalue weighted by atomic mass is 10.1. The fourth-order valence-corrected chi connectivity index (χ4v) is 0.831. The van der Waals surface area contributed by atoms with Crippen LogP contribution < -0.4 is 5.73 Å². The SMILES string of the molecule is C=C(CCC)CCCN. The van der Waals surface area contributed by atoms with Crippen molar-refractivity contribution in [2.45, 2.75) is 32.6 Å². The molecule has 2 N–H and O–H groups in total. The van der Waals surface area contributed by atoms with E-state index >= 15 is 0 Å². The second-order valence-corrected chi connectivity index (χ2v) is 2.39. The van der Waals surface area contributed by atoms with Crippen molar-refractivity contribution >= 4 is 0 Å². The lowest BCUT2D eigenvalue weighted by Gasteiger charge is -2.00. The molecule has 54 valence electrons. The molecular weight excluding hydrogens is 110 g/mol. The van der Waals surface area contributed by atoms with Gasteiger partial charge in [-0.25, -0.2) is 0 Å². The Labute approximate surface area is 57.9 Å². The molecule has 1 heteroatoms. The van der Waals surface area contributed by atoms with Crippen LogP contribution in [0.25, 0.3) is 0 Å². The predicted octanol–water partition coefficient (Wildman–Crippen LogP) is 2.08. The van der Waals surface area contributed by atoms with E-state index in [4.69, 9.17) is 5.73 Å². The summed E-state index contributed by atoms with van der Waals surface area (Å²) in [4.78, 5) is 0. The van der Waals surface area contributed by atoms with Gasteiger partial charge in [0.1, 0.15) is 0 Å². The Morgan fingerprint density at radius 2 is 2.11 bits per heavy atom. The van der Waals surface area contributed by atoms with Crippen LogP contribution in [0.15, 0.2) is 12.2 Å². The molecule has 0 unspecified atom stereocenters. The average molecular weight is 127 g/mol. The molecule has 0 aromatic carbocycles. The summed E-state index contributed by atoms with van der Waals surface area (Å²) < 4.78 is 0. The fourth-order valence-electron chi connectivity index (χ4n) is 0.831. The second kappa shape index (κ2) is 5.83. The van der Waals surface area contributed by atoms with Gasteiger partial charge in [-0.15, -0.1) is 0 Å². The van der Waals surface area contributed by atoms with Crippen molar-refractivity contribution in [3.05, 3.63) is 12.2 Å². The zero-order valence-corrected chi connectivity index (χ0v) is 6.32. The molecule has 9 heavy (non-hydrogen) atoms. The molecule has 0 aliphatic rings. The molecule has 0 aliphatic heterocycles. The monoisotopic (exact) mass is 127 g/mol. The van der Waals surface area contributed by atoms with E-state index in [-0.39, 0.29) is 0 Å². The van der Waals surface area contributed by atoms with Gasteiger partial charge in [-0.3, -0.25) is 0 Å². The fraction of sp³-hybridized carbons (Fsp3) is 0.750. The van der Waals surface area contributed by atoms with E-state index in [1.165, 1.54) is 18.4 Å². The summed E-state index contributed by atoms with van der Waals surface area (Å²) in [5, 5.41) is 0. The standard InChI is InChI=1S/C8H17N/c1-3-5-8(2)6-4-7-9/h2-7,9H2,1H3. The Balaban J connectivity index is 3.06. The molecule has 0 spiro atoms. The second-order valence-electron chi connectivity index (χ2n) is 2.39. The summed E-state index contributed by atoms with van der Waals surface area (Å²) in [6.45, 7) is 6.90. The van der Waals surface area contributed by atoms with Gasteiger partial charge < -0.3 is 5.73 Å². The Morgan fingerprint density at radius 1 is 1.44 bits per heavy atom. The lowest BCUT2D eigenvalue weighted by Crippen LogP contribution is -1.98. The molecule has 0 saturated carbocycles. The van der Waals surface area contributed by atoms with E-state index in [2.05, 4.69) is 13.5 Å². The van der Waals surface area contributed by atoms with Gasteiger partial charge >= 0.3 is 0 Å². The van der Waals surface area contributed by atoms with Crippen LogP contribution in [0.4, 0.5) is 0 Å². The molecule has 0 bridgehead atoms. The minimum Gasteiger partial charge on any atom is -0.330 e. The summed E-state index contributed by atoms with van der Waals surface area (Å²) in [7, 11) is 0. The number of hydrogen-bond acceptors (Lipinski definition) is 1. The van der Waals surface area contributed by atoms with Crippen LogP contribution in [0.3, 0.4) is 0 Å². The third kappa shape index (κ3) is 5.57. The zero-order chi connectivity index (χ0) is 7.11. The lowest BCUT2D eigenvalue weighted by molar-refractivity contribution is 0.770. The highest BCUT2D eigenvalue weighted by molar-refractivity contribution is 4.92. The molecule has 1 nitrogen and oxygen atoms in total. The van der Waals surface area contributed by atoms with Gasteiger partial charge in [0.05, 0.1) is 0 Å². The van der Waals surface area contributed by atoms with Gasteiger partial charge in [0.15, 0.2) is 0 Å². The number of rotatable bonds is 5. The summed E-state index contributed by atoms with van der Waals surface area (Å²) in [6, 6.07) is 0. The van der Waals surface area contributed by atoms with Crippen molar-refractivity contribution in [1.82, 2.24) is 0 Å². The van der Waals surface area contributed by atoms with Crippen LogP contribution in [-0.4, -0.2) is 6.54 Å². The molecule has 0 atom stereocenters. The van der Waals surface area contributed by atoms with Crippen molar-refractivity contribution in [3.63, 3.8) is 0 Å². The molecule has 0 saturated heterocycles. The molecule has 0 aromatic rings. The van der Waals surface area contributed by atoms with Crippen LogP contribution >= 0.6 is 0 Å². The highest BCUT2D eigenvalue weighted by Crippen LogP contribution is 2.07. The summed E-state index contributed by atoms with van der Waals surface area (Å²) in [5.74, 6) is 0. The van der Waals surface area contributed by atoms with Crippen LogP contribution in [0.1, 0.15) is 32.6 Å². The van der Waals surface area contributed by atoms with Crippen LogP contribution in [0.2, 0.25) is 0 Å². The van der Waals surface area contributed by atoms with Crippen LogP contribution in [-0.2, 0) is 0 Å². The van der Waals surface area contributed by atoms with E-state index in [0.29, 0.717) is 0 Å². The maximum Gasteiger partial charge on any atom is -0.00742 e. The van der Waals surface area contributed by atoms with Crippen molar-refractivity contribution in [1.29, 1.82) is 0 Å². The molecular formula is C8H17N. The first-order valence-corrected chi connectivity index (χ1v) is 3.68. The van der Waals surface area contributed by atoms with Crippen molar-refractivity contribution in [2.75, 3.05) is 6.54 Å². The Kier molecular flexibility index (Phi) is 5.64. The van der Waals surface area contributed by atoms with Crippen molar-refractivity contribution in [3.8, 4) is 0 Å². The van der Waals surface area contributed by atoms with Crippen molar-refractivity contribution < 1.29 is 0 Å². The number of allylic oxidation sites excluding steroid dienone is 1. The molecule has 0 aromatic heterocycles. The maximum absolute atomic E-state index is 5.33. The molecule has 0 fully saturated rings. The minimum atomic E-state index is 0.794. The van der Waals surface area contributed by atoms with E-state index in [9.17, 15) is 0 Å². The number of nitrogens with two attached hydrogens (primary N) is 1. The van der Waals surface area contributed by atoms with Gasteiger partial charge in [-0.1, -0.05) is 25.5 Å². The molecule has 0 rings (SSSR count). The molecule has 0 radical (unpaired) electrons. The van der Waals surface area contributed by atoms with E-state index in [1.807, 2.05) is 0 Å². The average Bonchev–Trinajstić information content (AvgIpc) is 1.85. The van der Waals surface area contributed by atoms with Crippen LogP contribution in [0.5, 0.6) is 0 Å². The molecule has 0 heterocycles. The number of hydrogen-bond donors (Lipinski definition) is 1. The smallest absolute Gasteiger partial charge is 0.00742 e. The van der Waals surface area contributed by atoms with Gasteiger partial charge in [0.2, 0.25) is 0 Å². The normalized spacial score (nSPS) is 9.56. The third-order valence-corrected chi connectivity index (χ3v) is 1.34. The predicted molar refractivity (Wildman–Crippen MR) is 42.3 cm³/mol. The minimum absolute atomic E-state index is 0.794. The van der Waals surface area contributed by atoms with Gasteiger partial charge in [-0.2, -0.15) is 0 Å². The topological polar surface area (TPSA) is 26.0 Å². The third-order valence-electron chi connectivity index (χ3n) is 1.34. The summed E-state index contributed by atoms with van der Waals surface area (Å²) >= 11 is 0. The van der Waals surface area contributed by atoms with Crippen LogP contribution in [0, 0.1) is 0 Å². The first-order chi connectivity index (χ1) is 4.31. The highest BCUT2D eigenvalue weighted by Gasteiger charge is 1.89. The van der Waals surface area contributed by atoms with E-state index < -0.39 is 0 Å². The Hall–Kier alpha value is -0.300. The molecule has 0 aliphatic carbocycles. The van der Waals surface area contributed by atoms with Gasteiger partial charge in [0, 0.05) is 0 Å². The van der Waals surface area contributed by atoms with E-state index in [1.54, 1.807) is 0 Å². The Bertz CT molecular complexity index is 76.6. The van der Waals surface area contributed by atoms with Gasteiger partial charge in [0.25, 0.3) is 0 Å². The van der Waals surface area contributed by atoms with E-state index in [0.717, 1.165) is 19.4 Å². The highest BCUT2D eigenvalue weighted by atomic mass is 14.5.